The molecule has 0 unspecified atom stereocenters. The summed E-state index contributed by atoms with van der Waals surface area (Å²) in [4.78, 5) is 12.0. The molecular formula is C14H12ClFN2O. The normalized spacial score (nSPS) is 10.3. The summed E-state index contributed by atoms with van der Waals surface area (Å²) in [6, 6.07) is 9.28. The number of hydrogen-bond donors (Lipinski definition) is 2. The number of benzene rings is 2. The monoisotopic (exact) mass is 278 g/mol. The minimum atomic E-state index is -0.626. The van der Waals surface area contributed by atoms with Gasteiger partial charge in [-0.05, 0) is 36.8 Å². The summed E-state index contributed by atoms with van der Waals surface area (Å²) in [5.41, 5.74) is 7.74. The Balaban J connectivity index is 2.31. The Morgan fingerprint density at radius 3 is 2.68 bits per heavy atom. The number of amides is 1. The average molecular weight is 279 g/mol. The van der Waals surface area contributed by atoms with E-state index in [9.17, 15) is 9.18 Å². The highest BCUT2D eigenvalue weighted by atomic mass is 35.5. The van der Waals surface area contributed by atoms with Crippen molar-refractivity contribution in [3.63, 3.8) is 0 Å². The third-order valence-corrected chi connectivity index (χ3v) is 3.20. The Labute approximate surface area is 115 Å². The van der Waals surface area contributed by atoms with Crippen LogP contribution >= 0.6 is 11.6 Å². The highest BCUT2D eigenvalue weighted by molar-refractivity contribution is 6.34. The van der Waals surface area contributed by atoms with E-state index in [0.29, 0.717) is 11.4 Å². The summed E-state index contributed by atoms with van der Waals surface area (Å²) in [5, 5.41) is 2.47. The van der Waals surface area contributed by atoms with Crippen molar-refractivity contribution in [1.29, 1.82) is 0 Å². The van der Waals surface area contributed by atoms with Crippen LogP contribution in [0.4, 0.5) is 15.8 Å². The van der Waals surface area contributed by atoms with Crippen LogP contribution in [-0.4, -0.2) is 5.91 Å². The Morgan fingerprint density at radius 2 is 1.95 bits per heavy atom. The van der Waals surface area contributed by atoms with E-state index in [1.54, 1.807) is 25.1 Å². The lowest BCUT2D eigenvalue weighted by Gasteiger charge is -2.11. The van der Waals surface area contributed by atoms with Gasteiger partial charge in [-0.15, -0.1) is 0 Å². The molecule has 3 nitrogen and oxygen atoms in total. The molecule has 0 aliphatic heterocycles. The van der Waals surface area contributed by atoms with Crippen molar-refractivity contribution < 1.29 is 9.18 Å². The Bertz CT molecular complexity index is 643. The van der Waals surface area contributed by atoms with Crippen LogP contribution in [0.1, 0.15) is 15.9 Å². The van der Waals surface area contributed by atoms with Gasteiger partial charge in [-0.3, -0.25) is 4.79 Å². The Morgan fingerprint density at radius 1 is 1.26 bits per heavy atom. The van der Waals surface area contributed by atoms with E-state index in [4.69, 9.17) is 17.3 Å². The molecule has 1 amide bonds. The van der Waals surface area contributed by atoms with E-state index < -0.39 is 11.7 Å². The number of nitrogens with one attached hydrogen (secondary N) is 1. The lowest BCUT2D eigenvalue weighted by Crippen LogP contribution is -2.14. The van der Waals surface area contributed by atoms with Crippen molar-refractivity contribution in [3.8, 4) is 0 Å². The second kappa shape index (κ2) is 5.28. The fraction of sp³-hybridized carbons (Fsp3) is 0.0714. The Kier molecular flexibility index (Phi) is 3.71. The van der Waals surface area contributed by atoms with Crippen molar-refractivity contribution in [2.24, 2.45) is 0 Å². The molecule has 19 heavy (non-hydrogen) atoms. The molecule has 2 aromatic carbocycles. The molecule has 0 aliphatic rings. The van der Waals surface area contributed by atoms with Crippen molar-refractivity contribution in [3.05, 3.63) is 58.4 Å². The molecule has 98 valence electrons. The van der Waals surface area contributed by atoms with Gasteiger partial charge in [0.1, 0.15) is 5.82 Å². The largest absolute Gasteiger partial charge is 0.398 e. The zero-order chi connectivity index (χ0) is 14.0. The van der Waals surface area contributed by atoms with Crippen LogP contribution in [0.5, 0.6) is 0 Å². The molecule has 2 aromatic rings. The van der Waals surface area contributed by atoms with Gasteiger partial charge in [-0.1, -0.05) is 23.7 Å². The van der Waals surface area contributed by atoms with Gasteiger partial charge in [-0.2, -0.15) is 0 Å². The van der Waals surface area contributed by atoms with E-state index in [0.717, 1.165) is 5.56 Å². The molecule has 0 fully saturated rings. The summed E-state index contributed by atoms with van der Waals surface area (Å²) in [5.74, 6) is -1.10. The summed E-state index contributed by atoms with van der Waals surface area (Å²) < 4.78 is 13.3. The number of halogens is 2. The van der Waals surface area contributed by atoms with Gasteiger partial charge in [0.25, 0.3) is 5.91 Å². The van der Waals surface area contributed by atoms with Gasteiger partial charge in [0.15, 0.2) is 0 Å². The smallest absolute Gasteiger partial charge is 0.257 e. The number of nitrogen functional groups attached to an aromatic ring is 1. The van der Waals surface area contributed by atoms with Gasteiger partial charge >= 0.3 is 0 Å². The first kappa shape index (κ1) is 13.4. The molecule has 0 spiro atoms. The summed E-state index contributed by atoms with van der Waals surface area (Å²) in [6.45, 7) is 1.79. The third-order valence-electron chi connectivity index (χ3n) is 2.82. The number of anilines is 2. The number of carbonyl (C=O) groups is 1. The van der Waals surface area contributed by atoms with Crippen LogP contribution < -0.4 is 11.1 Å². The van der Waals surface area contributed by atoms with Crippen molar-refractivity contribution in [2.45, 2.75) is 6.92 Å². The van der Waals surface area contributed by atoms with E-state index in [1.165, 1.54) is 18.2 Å². The molecule has 0 radical (unpaired) electrons. The van der Waals surface area contributed by atoms with Crippen LogP contribution in [-0.2, 0) is 0 Å². The van der Waals surface area contributed by atoms with Crippen LogP contribution in [0, 0.1) is 12.7 Å². The third kappa shape index (κ3) is 2.69. The van der Waals surface area contributed by atoms with Crippen LogP contribution in [0.15, 0.2) is 36.4 Å². The maximum atomic E-state index is 13.3. The van der Waals surface area contributed by atoms with Crippen molar-refractivity contribution in [2.75, 3.05) is 11.1 Å². The fourth-order valence-corrected chi connectivity index (χ4v) is 1.87. The molecule has 0 atom stereocenters. The molecule has 3 N–H and O–H groups in total. The SMILES string of the molecule is Cc1c(N)cccc1NC(=O)c1cccc(F)c1Cl. The van der Waals surface area contributed by atoms with Crippen molar-refractivity contribution >= 4 is 28.9 Å². The van der Waals surface area contributed by atoms with E-state index in [1.807, 2.05) is 0 Å². The predicted octanol–water partition coefficient (Wildman–Crippen LogP) is 3.62. The second-order valence-electron chi connectivity index (χ2n) is 4.08. The predicted molar refractivity (Wildman–Crippen MR) is 75.0 cm³/mol. The minimum Gasteiger partial charge on any atom is -0.398 e. The minimum absolute atomic E-state index is 0.0866. The highest BCUT2D eigenvalue weighted by Crippen LogP contribution is 2.24. The Hall–Kier alpha value is -2.07. The zero-order valence-electron chi connectivity index (χ0n) is 10.2. The lowest BCUT2D eigenvalue weighted by atomic mass is 10.1. The number of rotatable bonds is 2. The molecule has 0 aromatic heterocycles. The molecule has 0 saturated heterocycles. The van der Waals surface area contributed by atoms with Crippen LogP contribution in [0.2, 0.25) is 5.02 Å². The molecule has 0 aliphatic carbocycles. The molecule has 5 heteroatoms. The van der Waals surface area contributed by atoms with Gasteiger partial charge in [0.2, 0.25) is 0 Å². The first-order valence-electron chi connectivity index (χ1n) is 5.61. The quantitative estimate of drug-likeness (QED) is 0.824. The molecule has 0 saturated carbocycles. The van der Waals surface area contributed by atoms with Crippen LogP contribution in [0.3, 0.4) is 0 Å². The topological polar surface area (TPSA) is 55.1 Å². The first-order chi connectivity index (χ1) is 9.00. The number of nitrogens with two attached hydrogens (primary N) is 1. The fourth-order valence-electron chi connectivity index (χ4n) is 1.66. The van der Waals surface area contributed by atoms with Gasteiger partial charge in [0.05, 0.1) is 10.6 Å². The summed E-state index contributed by atoms with van der Waals surface area (Å²) in [7, 11) is 0. The molecule has 0 heterocycles. The molecule has 0 bridgehead atoms. The van der Waals surface area contributed by atoms with Gasteiger partial charge in [-0.25, -0.2) is 4.39 Å². The van der Waals surface area contributed by atoms with Crippen molar-refractivity contribution in [1.82, 2.24) is 0 Å². The number of carbonyl (C=O) groups excluding carboxylic acids is 1. The maximum Gasteiger partial charge on any atom is 0.257 e. The lowest BCUT2D eigenvalue weighted by molar-refractivity contribution is 0.102. The van der Waals surface area contributed by atoms with Crippen LogP contribution in [0.25, 0.3) is 0 Å². The van der Waals surface area contributed by atoms with E-state index in [-0.39, 0.29) is 10.6 Å². The molecular weight excluding hydrogens is 267 g/mol. The zero-order valence-corrected chi connectivity index (χ0v) is 11.0. The highest BCUT2D eigenvalue weighted by Gasteiger charge is 2.14. The maximum absolute atomic E-state index is 13.3. The van der Waals surface area contributed by atoms with E-state index >= 15 is 0 Å². The summed E-state index contributed by atoms with van der Waals surface area (Å²) >= 11 is 5.76. The van der Waals surface area contributed by atoms with E-state index in [2.05, 4.69) is 5.32 Å². The standard InChI is InChI=1S/C14H12ClFN2O/c1-8-11(17)6-3-7-12(8)18-14(19)9-4-2-5-10(16)13(9)15/h2-7H,17H2,1H3,(H,18,19). The second-order valence-corrected chi connectivity index (χ2v) is 4.45. The average Bonchev–Trinajstić information content (AvgIpc) is 2.38. The molecule has 2 rings (SSSR count). The number of hydrogen-bond acceptors (Lipinski definition) is 2. The van der Waals surface area contributed by atoms with Gasteiger partial charge < -0.3 is 11.1 Å². The summed E-state index contributed by atoms with van der Waals surface area (Å²) in [6.07, 6.45) is 0. The van der Waals surface area contributed by atoms with Gasteiger partial charge in [0, 0.05) is 11.4 Å². The first-order valence-corrected chi connectivity index (χ1v) is 5.99.